The highest BCUT2D eigenvalue weighted by molar-refractivity contribution is 5.83. The van der Waals surface area contributed by atoms with Gasteiger partial charge >= 0.3 is 12.0 Å². The maximum Gasteiger partial charge on any atom is 0.326 e. The average molecular weight is 284 g/mol. The normalized spacial score (nSPS) is 31.2. The molecule has 2 rings (SSSR count). The van der Waals surface area contributed by atoms with Gasteiger partial charge in [0, 0.05) is 26.2 Å². The Hall–Kier alpha value is -1.30. The molecule has 3 atom stereocenters. The number of amides is 2. The quantitative estimate of drug-likeness (QED) is 0.792. The van der Waals surface area contributed by atoms with Gasteiger partial charge < -0.3 is 20.0 Å². The van der Waals surface area contributed by atoms with E-state index in [1.807, 2.05) is 6.92 Å². The molecule has 2 N–H and O–H groups in total. The summed E-state index contributed by atoms with van der Waals surface area (Å²) in [4.78, 5) is 27.2. The van der Waals surface area contributed by atoms with Crippen molar-refractivity contribution in [3.05, 3.63) is 0 Å². The zero-order valence-electron chi connectivity index (χ0n) is 12.0. The van der Waals surface area contributed by atoms with Crippen LogP contribution in [0.3, 0.4) is 0 Å². The Morgan fingerprint density at radius 1 is 1.20 bits per heavy atom. The van der Waals surface area contributed by atoms with Crippen LogP contribution in [0.2, 0.25) is 0 Å². The third-order valence-corrected chi connectivity index (χ3v) is 4.48. The van der Waals surface area contributed by atoms with Crippen LogP contribution < -0.4 is 0 Å². The Balaban J connectivity index is 2.07. The first-order chi connectivity index (χ1) is 9.54. The number of likely N-dealkylation sites (tertiary alicyclic amines) is 2. The van der Waals surface area contributed by atoms with Crippen molar-refractivity contribution < 1.29 is 19.8 Å². The largest absolute Gasteiger partial charge is 0.480 e. The molecule has 0 aromatic carbocycles. The summed E-state index contributed by atoms with van der Waals surface area (Å²) in [5, 5.41) is 18.6. The minimum absolute atomic E-state index is 0.0105. The molecule has 0 bridgehead atoms. The first-order valence-corrected chi connectivity index (χ1v) is 7.43. The molecule has 6 nitrogen and oxygen atoms in total. The van der Waals surface area contributed by atoms with E-state index in [0.29, 0.717) is 19.6 Å². The highest BCUT2D eigenvalue weighted by atomic mass is 16.4. The van der Waals surface area contributed by atoms with Crippen molar-refractivity contribution in [2.24, 2.45) is 11.8 Å². The number of nitrogens with zero attached hydrogens (tertiary/aromatic N) is 2. The van der Waals surface area contributed by atoms with E-state index in [1.165, 1.54) is 4.90 Å². The SMILES string of the molecule is CC1CCCN(C(=O)N2CCCC(CO)C2)C1C(=O)O. The van der Waals surface area contributed by atoms with Crippen molar-refractivity contribution in [1.82, 2.24) is 9.80 Å². The molecular formula is C14H24N2O4. The van der Waals surface area contributed by atoms with Gasteiger partial charge in [-0.2, -0.15) is 0 Å². The molecule has 3 unspecified atom stereocenters. The van der Waals surface area contributed by atoms with Gasteiger partial charge in [-0.1, -0.05) is 6.92 Å². The third-order valence-electron chi connectivity index (χ3n) is 4.48. The average Bonchev–Trinajstić information content (AvgIpc) is 2.45. The van der Waals surface area contributed by atoms with Crippen LogP contribution in [0.1, 0.15) is 32.6 Å². The van der Waals surface area contributed by atoms with E-state index in [2.05, 4.69) is 0 Å². The van der Waals surface area contributed by atoms with Crippen molar-refractivity contribution in [2.75, 3.05) is 26.2 Å². The molecule has 0 aromatic heterocycles. The standard InChI is InChI=1S/C14H24N2O4/c1-10-4-2-7-16(12(10)13(18)19)14(20)15-6-3-5-11(8-15)9-17/h10-12,17H,2-9H2,1H3,(H,18,19). The summed E-state index contributed by atoms with van der Waals surface area (Å²) in [5.41, 5.74) is 0. The number of aliphatic hydroxyl groups excluding tert-OH is 1. The van der Waals surface area contributed by atoms with E-state index in [4.69, 9.17) is 0 Å². The summed E-state index contributed by atoms with van der Waals surface area (Å²) in [7, 11) is 0. The summed E-state index contributed by atoms with van der Waals surface area (Å²) in [5.74, 6) is -0.803. The molecular weight excluding hydrogens is 260 g/mol. The van der Waals surface area contributed by atoms with Gasteiger partial charge in [0.2, 0.25) is 0 Å². The van der Waals surface area contributed by atoms with E-state index in [9.17, 15) is 19.8 Å². The summed E-state index contributed by atoms with van der Waals surface area (Å²) in [6, 6.07) is -0.896. The Kier molecular flexibility index (Phi) is 4.86. The Bertz CT molecular complexity index is 374. The zero-order chi connectivity index (χ0) is 14.7. The number of aliphatic hydroxyl groups is 1. The Labute approximate surface area is 119 Å². The molecule has 2 aliphatic rings. The van der Waals surface area contributed by atoms with Gasteiger partial charge in [-0.25, -0.2) is 9.59 Å². The maximum absolute atomic E-state index is 12.6. The van der Waals surface area contributed by atoms with Gasteiger partial charge in [0.1, 0.15) is 6.04 Å². The van der Waals surface area contributed by atoms with Gasteiger partial charge in [-0.15, -0.1) is 0 Å². The van der Waals surface area contributed by atoms with Crippen LogP contribution in [0.15, 0.2) is 0 Å². The number of hydrogen-bond donors (Lipinski definition) is 2. The molecule has 2 amide bonds. The second-order valence-electron chi connectivity index (χ2n) is 6.02. The molecule has 2 aliphatic heterocycles. The van der Waals surface area contributed by atoms with Crippen molar-refractivity contribution in [3.63, 3.8) is 0 Å². The number of aliphatic carboxylic acids is 1. The molecule has 0 spiro atoms. The van der Waals surface area contributed by atoms with E-state index in [1.54, 1.807) is 4.90 Å². The number of urea groups is 1. The van der Waals surface area contributed by atoms with Crippen molar-refractivity contribution in [3.8, 4) is 0 Å². The monoisotopic (exact) mass is 284 g/mol. The predicted molar refractivity (Wildman–Crippen MR) is 73.3 cm³/mol. The zero-order valence-corrected chi connectivity index (χ0v) is 12.0. The molecule has 114 valence electrons. The highest BCUT2D eigenvalue weighted by Gasteiger charge is 2.39. The van der Waals surface area contributed by atoms with Crippen LogP contribution in [-0.2, 0) is 4.79 Å². The molecule has 6 heteroatoms. The highest BCUT2D eigenvalue weighted by Crippen LogP contribution is 2.26. The van der Waals surface area contributed by atoms with Gasteiger partial charge in [0.05, 0.1) is 0 Å². The summed E-state index contributed by atoms with van der Waals surface area (Å²) < 4.78 is 0. The minimum Gasteiger partial charge on any atom is -0.480 e. The molecule has 0 radical (unpaired) electrons. The maximum atomic E-state index is 12.6. The number of piperidine rings is 2. The fourth-order valence-corrected chi connectivity index (χ4v) is 3.35. The summed E-state index contributed by atoms with van der Waals surface area (Å²) in [6.45, 7) is 3.69. The van der Waals surface area contributed by atoms with Crippen LogP contribution in [0.25, 0.3) is 0 Å². The second-order valence-corrected chi connectivity index (χ2v) is 6.02. The van der Waals surface area contributed by atoms with E-state index < -0.39 is 12.0 Å². The number of rotatable bonds is 2. The number of carbonyl (C=O) groups is 2. The first kappa shape index (κ1) is 15.1. The summed E-state index contributed by atoms with van der Waals surface area (Å²) in [6.07, 6.45) is 3.51. The first-order valence-electron chi connectivity index (χ1n) is 7.43. The van der Waals surface area contributed by atoms with Crippen LogP contribution in [-0.4, -0.2) is 64.3 Å². The summed E-state index contributed by atoms with van der Waals surface area (Å²) >= 11 is 0. The van der Waals surface area contributed by atoms with Crippen molar-refractivity contribution in [2.45, 2.75) is 38.6 Å². The number of carboxylic acid groups (broad SMARTS) is 1. The lowest BCUT2D eigenvalue weighted by Gasteiger charge is -2.42. The Morgan fingerprint density at radius 2 is 1.90 bits per heavy atom. The van der Waals surface area contributed by atoms with Crippen LogP contribution in [0, 0.1) is 11.8 Å². The van der Waals surface area contributed by atoms with Gasteiger partial charge in [0.25, 0.3) is 0 Å². The molecule has 20 heavy (non-hydrogen) atoms. The number of carboxylic acids is 1. The van der Waals surface area contributed by atoms with E-state index in [0.717, 1.165) is 25.7 Å². The number of carbonyl (C=O) groups excluding carboxylic acids is 1. The molecule has 0 aliphatic carbocycles. The molecule has 0 saturated carbocycles. The third kappa shape index (κ3) is 3.06. The van der Waals surface area contributed by atoms with Crippen LogP contribution in [0.4, 0.5) is 4.79 Å². The van der Waals surface area contributed by atoms with Crippen molar-refractivity contribution >= 4 is 12.0 Å². The fourth-order valence-electron chi connectivity index (χ4n) is 3.35. The van der Waals surface area contributed by atoms with Crippen molar-refractivity contribution in [1.29, 1.82) is 0 Å². The fraction of sp³-hybridized carbons (Fsp3) is 0.857. The number of hydrogen-bond acceptors (Lipinski definition) is 3. The minimum atomic E-state index is -0.915. The smallest absolute Gasteiger partial charge is 0.326 e. The van der Waals surface area contributed by atoms with E-state index >= 15 is 0 Å². The van der Waals surface area contributed by atoms with Crippen LogP contribution in [0.5, 0.6) is 0 Å². The van der Waals surface area contributed by atoms with E-state index in [-0.39, 0.29) is 24.5 Å². The molecule has 0 aromatic rings. The molecule has 2 fully saturated rings. The molecule has 2 heterocycles. The Morgan fingerprint density at radius 3 is 2.55 bits per heavy atom. The lowest BCUT2D eigenvalue weighted by atomic mass is 9.91. The molecule has 2 saturated heterocycles. The predicted octanol–water partition coefficient (Wildman–Crippen LogP) is 0.996. The van der Waals surface area contributed by atoms with Gasteiger partial charge in [-0.05, 0) is 37.5 Å². The van der Waals surface area contributed by atoms with Crippen LogP contribution >= 0.6 is 0 Å². The lowest BCUT2D eigenvalue weighted by molar-refractivity contribution is -0.145. The topological polar surface area (TPSA) is 81.1 Å². The van der Waals surface area contributed by atoms with Gasteiger partial charge in [0.15, 0.2) is 0 Å². The van der Waals surface area contributed by atoms with Gasteiger partial charge in [-0.3, -0.25) is 0 Å². The second kappa shape index (κ2) is 6.43. The lowest BCUT2D eigenvalue weighted by Crippen LogP contribution is -2.57.